The molecule has 2 amide bonds. The topological polar surface area (TPSA) is 161 Å². The highest BCUT2D eigenvalue weighted by atomic mass is 16.4. The van der Waals surface area contributed by atoms with Crippen molar-refractivity contribution in [3.05, 3.63) is 74.3 Å². The molecule has 0 fully saturated rings. The first-order valence-electron chi connectivity index (χ1n) is 14.6. The van der Waals surface area contributed by atoms with Gasteiger partial charge in [0.25, 0.3) is 5.91 Å². The molecule has 1 aromatic rings. The van der Waals surface area contributed by atoms with Gasteiger partial charge in [-0.3, -0.25) is 24.2 Å². The molecule has 0 radical (unpaired) electrons. The van der Waals surface area contributed by atoms with Gasteiger partial charge >= 0.3 is 11.9 Å². The Hall–Kier alpha value is -4.47. The number of carboxylic acid groups (broad SMARTS) is 2. The van der Waals surface area contributed by atoms with Crippen molar-refractivity contribution in [3.8, 4) is 0 Å². The molecule has 228 valence electrons. The molecule has 0 saturated heterocycles. The third-order valence-electron chi connectivity index (χ3n) is 8.86. The van der Waals surface area contributed by atoms with Crippen LogP contribution in [0.25, 0.3) is 6.08 Å². The molecule has 0 saturated carbocycles. The Morgan fingerprint density at radius 3 is 2.19 bits per heavy atom. The zero-order chi connectivity index (χ0) is 31.6. The van der Waals surface area contributed by atoms with Crippen molar-refractivity contribution >= 4 is 35.5 Å². The third kappa shape index (κ3) is 6.48. The summed E-state index contributed by atoms with van der Waals surface area (Å²) in [6, 6.07) is -0.393. The summed E-state index contributed by atoms with van der Waals surface area (Å²) >= 11 is 0. The van der Waals surface area contributed by atoms with Gasteiger partial charge in [0.2, 0.25) is 5.91 Å². The van der Waals surface area contributed by atoms with Crippen molar-refractivity contribution in [2.45, 2.75) is 91.6 Å². The first-order chi connectivity index (χ1) is 20.4. The van der Waals surface area contributed by atoms with E-state index in [1.807, 2.05) is 40.7 Å². The highest BCUT2D eigenvalue weighted by Crippen LogP contribution is 2.35. The van der Waals surface area contributed by atoms with Crippen molar-refractivity contribution < 1.29 is 29.4 Å². The number of rotatable bonds is 13. The number of amides is 2. The fraction of sp³-hybridized carbons (Fsp3) is 0.424. The van der Waals surface area contributed by atoms with Crippen LogP contribution in [-0.2, 0) is 32.0 Å². The summed E-state index contributed by atoms with van der Waals surface area (Å²) in [6.07, 6.45) is 5.61. The van der Waals surface area contributed by atoms with Crippen LogP contribution in [0, 0.1) is 6.92 Å². The van der Waals surface area contributed by atoms with E-state index < -0.39 is 11.9 Å². The summed E-state index contributed by atoms with van der Waals surface area (Å²) in [4.78, 5) is 56.2. The van der Waals surface area contributed by atoms with Crippen molar-refractivity contribution in [1.82, 2.24) is 15.6 Å². The maximum absolute atomic E-state index is 12.4. The average molecular weight is 589 g/mol. The average Bonchev–Trinajstić information content (AvgIpc) is 3.59. The van der Waals surface area contributed by atoms with E-state index in [-0.39, 0.29) is 43.2 Å². The number of hydrogen-bond acceptors (Lipinski definition) is 5. The molecule has 1 aromatic heterocycles. The van der Waals surface area contributed by atoms with Gasteiger partial charge in [-0.05, 0) is 86.5 Å². The number of aliphatic carboxylic acids is 2. The largest absolute Gasteiger partial charge is 0.481 e. The van der Waals surface area contributed by atoms with Crippen LogP contribution in [0.3, 0.4) is 0 Å². The number of aliphatic imine (C=N–C) groups is 1. The lowest BCUT2D eigenvalue weighted by Crippen LogP contribution is -2.31. The molecule has 10 nitrogen and oxygen atoms in total. The summed E-state index contributed by atoms with van der Waals surface area (Å²) in [6.45, 7) is 13.4. The van der Waals surface area contributed by atoms with E-state index in [0.717, 1.165) is 62.5 Å². The lowest BCUT2D eigenvalue weighted by Gasteiger charge is -2.14. The predicted molar refractivity (Wildman–Crippen MR) is 165 cm³/mol. The van der Waals surface area contributed by atoms with Crippen LogP contribution >= 0.6 is 0 Å². The van der Waals surface area contributed by atoms with E-state index in [4.69, 9.17) is 4.99 Å². The summed E-state index contributed by atoms with van der Waals surface area (Å²) < 4.78 is 0. The number of carbonyl (C=O) groups excluding carboxylic acids is 2. The number of aromatic nitrogens is 1. The number of aromatic amines is 1. The smallest absolute Gasteiger partial charge is 0.303 e. The van der Waals surface area contributed by atoms with Gasteiger partial charge in [-0.25, -0.2) is 0 Å². The van der Waals surface area contributed by atoms with Gasteiger partial charge in [0.1, 0.15) is 0 Å². The van der Waals surface area contributed by atoms with E-state index >= 15 is 0 Å². The first-order valence-corrected chi connectivity index (χ1v) is 14.6. The van der Waals surface area contributed by atoms with Gasteiger partial charge in [0.15, 0.2) is 0 Å². The third-order valence-corrected chi connectivity index (χ3v) is 8.86. The summed E-state index contributed by atoms with van der Waals surface area (Å²) in [5.41, 5.74) is 9.71. The Bertz CT molecular complexity index is 1560. The lowest BCUT2D eigenvalue weighted by molar-refractivity contribution is -0.138. The predicted octanol–water partition coefficient (Wildman–Crippen LogP) is 4.48. The molecule has 3 aliphatic rings. The monoisotopic (exact) mass is 588 g/mol. The van der Waals surface area contributed by atoms with Gasteiger partial charge in [-0.1, -0.05) is 19.6 Å². The van der Waals surface area contributed by atoms with Gasteiger partial charge in [0, 0.05) is 53.9 Å². The van der Waals surface area contributed by atoms with E-state index in [9.17, 15) is 29.4 Å². The standard InChI is InChI=1S/C33H40N4O6/c1-7-20-19(6)32(42)37-27(20)14-25-18(5)23(10-12-31(40)41)29(35-25)15-28-22(9-11-30(38)39)17(4)24(34-28)13-26-16(3)21(8-2)33(43)36-26/h8,15,26-27,35H,2,7,9-14H2,1,3-6H3,(H,36,43)(H,37,42)(H,38,39)(H,40,41). The van der Waals surface area contributed by atoms with Crippen LogP contribution in [-0.4, -0.2) is 56.7 Å². The fourth-order valence-corrected chi connectivity index (χ4v) is 6.28. The second-order valence-electron chi connectivity index (χ2n) is 11.4. The van der Waals surface area contributed by atoms with Crippen LogP contribution in [0.5, 0.6) is 0 Å². The molecule has 0 bridgehead atoms. The SMILES string of the molecule is C=CC1=C(C)C(CC2=NC(=Cc3[nH]c(CC4NC(=O)C(C)=C4CC)c(C)c3CCC(=O)O)C(CCC(=O)O)=C2C)NC1=O. The number of nitrogens with one attached hydrogen (secondary N) is 3. The van der Waals surface area contributed by atoms with Gasteiger partial charge < -0.3 is 25.8 Å². The highest BCUT2D eigenvalue weighted by Gasteiger charge is 2.32. The molecule has 2 unspecified atom stereocenters. The van der Waals surface area contributed by atoms with Crippen LogP contribution in [0.4, 0.5) is 0 Å². The molecular weight excluding hydrogens is 548 g/mol. The second-order valence-corrected chi connectivity index (χ2v) is 11.4. The zero-order valence-corrected chi connectivity index (χ0v) is 25.4. The second kappa shape index (κ2) is 12.8. The first kappa shape index (κ1) is 31.5. The van der Waals surface area contributed by atoms with E-state index in [0.29, 0.717) is 30.5 Å². The molecule has 4 heterocycles. The fourth-order valence-electron chi connectivity index (χ4n) is 6.28. The van der Waals surface area contributed by atoms with E-state index in [1.54, 1.807) is 6.08 Å². The lowest BCUT2D eigenvalue weighted by atomic mass is 9.95. The molecule has 43 heavy (non-hydrogen) atoms. The van der Waals surface area contributed by atoms with Crippen molar-refractivity contribution in [2.24, 2.45) is 4.99 Å². The quantitative estimate of drug-likeness (QED) is 0.228. The number of carboxylic acids is 2. The summed E-state index contributed by atoms with van der Waals surface area (Å²) in [5.74, 6) is -2.07. The van der Waals surface area contributed by atoms with E-state index in [2.05, 4.69) is 22.2 Å². The number of allylic oxidation sites excluding steroid dienone is 2. The van der Waals surface area contributed by atoms with Crippen LogP contribution in [0.15, 0.2) is 56.8 Å². The molecule has 2 atom stereocenters. The molecular formula is C33H40N4O6. The number of hydrogen-bond donors (Lipinski definition) is 5. The Kier molecular flexibility index (Phi) is 9.37. The van der Waals surface area contributed by atoms with Crippen LogP contribution in [0.2, 0.25) is 0 Å². The van der Waals surface area contributed by atoms with Crippen molar-refractivity contribution in [1.29, 1.82) is 0 Å². The van der Waals surface area contributed by atoms with E-state index in [1.165, 1.54) is 0 Å². The maximum atomic E-state index is 12.4. The van der Waals surface area contributed by atoms with Crippen LogP contribution in [0.1, 0.15) is 82.3 Å². The number of H-pyrrole nitrogens is 1. The van der Waals surface area contributed by atoms with Gasteiger partial charge in [-0.15, -0.1) is 0 Å². The van der Waals surface area contributed by atoms with Crippen molar-refractivity contribution in [2.75, 3.05) is 0 Å². The molecule has 10 heteroatoms. The molecule has 0 aromatic carbocycles. The van der Waals surface area contributed by atoms with Gasteiger partial charge in [-0.2, -0.15) is 0 Å². The molecule has 5 N–H and O–H groups in total. The van der Waals surface area contributed by atoms with Gasteiger partial charge in [0.05, 0.1) is 17.8 Å². The minimum absolute atomic E-state index is 0.0540. The summed E-state index contributed by atoms with van der Waals surface area (Å²) in [5, 5.41) is 24.9. The Balaban J connectivity index is 1.74. The Labute approximate surface area is 251 Å². The molecule has 4 rings (SSSR count). The molecule has 0 spiro atoms. The number of carbonyl (C=O) groups is 4. The minimum Gasteiger partial charge on any atom is -0.481 e. The molecule has 3 aliphatic heterocycles. The Morgan fingerprint density at radius 1 is 0.930 bits per heavy atom. The minimum atomic E-state index is -0.917. The van der Waals surface area contributed by atoms with Crippen LogP contribution < -0.4 is 10.6 Å². The molecule has 0 aliphatic carbocycles. The summed E-state index contributed by atoms with van der Waals surface area (Å²) in [7, 11) is 0. The van der Waals surface area contributed by atoms with Crippen molar-refractivity contribution in [3.63, 3.8) is 0 Å². The Morgan fingerprint density at radius 2 is 1.58 bits per heavy atom. The highest BCUT2D eigenvalue weighted by molar-refractivity contribution is 6.07. The number of nitrogens with zero attached hydrogens (tertiary/aromatic N) is 1. The maximum Gasteiger partial charge on any atom is 0.303 e. The zero-order valence-electron chi connectivity index (χ0n) is 25.4. The normalized spacial score (nSPS) is 21.2.